The Labute approximate surface area is 183 Å². The van der Waals surface area contributed by atoms with Gasteiger partial charge >= 0.3 is 0 Å². The van der Waals surface area contributed by atoms with E-state index in [1.807, 2.05) is 6.92 Å². The van der Waals surface area contributed by atoms with Crippen LogP contribution in [0.1, 0.15) is 19.4 Å². The molecule has 0 radical (unpaired) electrons. The highest BCUT2D eigenvalue weighted by Crippen LogP contribution is 2.22. The summed E-state index contributed by atoms with van der Waals surface area (Å²) in [4.78, 5) is 12.6. The van der Waals surface area contributed by atoms with Gasteiger partial charge in [0.2, 0.25) is 26.0 Å². The van der Waals surface area contributed by atoms with E-state index in [0.717, 1.165) is 4.31 Å². The van der Waals surface area contributed by atoms with Crippen LogP contribution >= 0.6 is 0 Å². The number of hydrogen-bond acceptors (Lipinski definition) is 6. The van der Waals surface area contributed by atoms with Gasteiger partial charge in [0, 0.05) is 12.2 Å². The molecule has 0 saturated carbocycles. The molecule has 9 nitrogen and oxygen atoms in total. The van der Waals surface area contributed by atoms with Crippen LogP contribution in [0.15, 0.2) is 52.3 Å². The quantitative estimate of drug-likeness (QED) is 0.548. The van der Waals surface area contributed by atoms with Crippen molar-refractivity contribution in [2.45, 2.75) is 30.6 Å². The van der Waals surface area contributed by atoms with E-state index in [-0.39, 0.29) is 22.0 Å². The number of benzene rings is 2. The molecule has 1 amide bonds. The summed E-state index contributed by atoms with van der Waals surface area (Å²) in [6.07, 6.45) is 0. The lowest BCUT2D eigenvalue weighted by atomic mass is 10.2. The fourth-order valence-electron chi connectivity index (χ4n) is 2.76. The van der Waals surface area contributed by atoms with Crippen molar-refractivity contribution in [3.05, 3.63) is 48.0 Å². The van der Waals surface area contributed by atoms with E-state index in [2.05, 4.69) is 10.0 Å². The van der Waals surface area contributed by atoms with Crippen LogP contribution in [-0.2, 0) is 24.8 Å². The third-order valence-corrected chi connectivity index (χ3v) is 7.85. The average Bonchev–Trinajstić information content (AvgIpc) is 2.74. The maximum absolute atomic E-state index is 12.9. The molecule has 2 aromatic rings. The van der Waals surface area contributed by atoms with E-state index in [4.69, 9.17) is 4.74 Å². The van der Waals surface area contributed by atoms with Crippen LogP contribution in [0.25, 0.3) is 0 Å². The molecule has 0 spiro atoms. The van der Waals surface area contributed by atoms with Crippen molar-refractivity contribution in [1.82, 2.24) is 9.03 Å². The minimum absolute atomic E-state index is 0.00902. The second-order valence-electron chi connectivity index (χ2n) is 6.57. The Balaban J connectivity index is 2.20. The number of aryl methyl sites for hydroxylation is 1. The molecule has 2 rings (SSSR count). The number of likely N-dealkylation sites (N-methyl/N-ethyl adjacent to an activating group) is 1. The first-order valence-electron chi connectivity index (χ1n) is 9.62. The number of rotatable bonds is 10. The smallest absolute Gasteiger partial charge is 0.243 e. The second kappa shape index (κ2) is 10.2. The fourth-order valence-corrected chi connectivity index (χ4v) is 4.92. The maximum atomic E-state index is 12.9. The van der Waals surface area contributed by atoms with E-state index in [1.165, 1.54) is 31.3 Å². The third kappa shape index (κ3) is 6.03. The minimum atomic E-state index is -3.90. The zero-order valence-corrected chi connectivity index (χ0v) is 19.5. The van der Waals surface area contributed by atoms with Gasteiger partial charge in [-0.2, -0.15) is 4.31 Å². The molecule has 0 fully saturated rings. The molecule has 0 heterocycles. The Kier molecular flexibility index (Phi) is 8.18. The number of hydrogen-bond donors (Lipinski definition) is 2. The maximum Gasteiger partial charge on any atom is 0.243 e. The molecule has 31 heavy (non-hydrogen) atoms. The van der Waals surface area contributed by atoms with Crippen LogP contribution < -0.4 is 14.8 Å². The largest absolute Gasteiger partial charge is 0.494 e. The fraction of sp³-hybridized carbons (Fsp3) is 0.350. The Morgan fingerprint density at radius 1 is 1.00 bits per heavy atom. The first-order chi connectivity index (χ1) is 14.5. The number of ether oxygens (including phenoxy) is 1. The Morgan fingerprint density at radius 3 is 2.16 bits per heavy atom. The lowest BCUT2D eigenvalue weighted by Gasteiger charge is -2.20. The van der Waals surface area contributed by atoms with E-state index in [9.17, 15) is 21.6 Å². The van der Waals surface area contributed by atoms with Crippen molar-refractivity contribution in [1.29, 1.82) is 0 Å². The molecule has 0 aliphatic heterocycles. The van der Waals surface area contributed by atoms with Gasteiger partial charge in [-0.05, 0) is 62.9 Å². The summed E-state index contributed by atoms with van der Waals surface area (Å²) in [6.45, 7) is 5.28. The molecular formula is C20H27N3O6S2. The van der Waals surface area contributed by atoms with E-state index < -0.39 is 32.5 Å². The standard InChI is InChI=1S/C20H27N3O6S2/c1-5-23(31(27,28)17-11-8-16(9-12-17)29-6-2)14-20(24)22-19-13-18(10-7-15(19)3)30(25,26)21-4/h7-13,21H,5-6,14H2,1-4H3,(H,22,24). The molecule has 0 unspecified atom stereocenters. The molecule has 170 valence electrons. The van der Waals surface area contributed by atoms with Crippen LogP contribution in [-0.4, -0.2) is 53.8 Å². The minimum Gasteiger partial charge on any atom is -0.494 e. The van der Waals surface area contributed by atoms with Crippen LogP contribution in [0.2, 0.25) is 0 Å². The average molecular weight is 470 g/mol. The van der Waals surface area contributed by atoms with Crippen LogP contribution in [0.4, 0.5) is 5.69 Å². The van der Waals surface area contributed by atoms with Crippen molar-refractivity contribution in [3.8, 4) is 5.75 Å². The molecule has 0 aliphatic carbocycles. The van der Waals surface area contributed by atoms with E-state index in [0.29, 0.717) is 17.9 Å². The van der Waals surface area contributed by atoms with Crippen molar-refractivity contribution >= 4 is 31.6 Å². The summed E-state index contributed by atoms with van der Waals surface area (Å²) in [5.74, 6) is -0.0346. The van der Waals surface area contributed by atoms with Crippen molar-refractivity contribution in [3.63, 3.8) is 0 Å². The molecule has 11 heteroatoms. The summed E-state index contributed by atoms with van der Waals surface area (Å²) in [6, 6.07) is 10.3. The molecule has 2 aromatic carbocycles. The summed E-state index contributed by atoms with van der Waals surface area (Å²) in [7, 11) is -6.30. The summed E-state index contributed by atoms with van der Waals surface area (Å²) in [5.41, 5.74) is 0.927. The van der Waals surface area contributed by atoms with Crippen molar-refractivity contribution < 1.29 is 26.4 Å². The predicted octanol–water partition coefficient (Wildman–Crippen LogP) is 1.95. The van der Waals surface area contributed by atoms with Gasteiger partial charge in [-0.3, -0.25) is 4.79 Å². The number of carbonyl (C=O) groups excluding carboxylic acids is 1. The SMILES string of the molecule is CCOc1ccc(S(=O)(=O)N(CC)CC(=O)Nc2cc(S(=O)(=O)NC)ccc2C)cc1. The number of anilines is 1. The number of sulfonamides is 2. The zero-order valence-electron chi connectivity index (χ0n) is 17.9. The van der Waals surface area contributed by atoms with Gasteiger partial charge in [-0.15, -0.1) is 0 Å². The highest BCUT2D eigenvalue weighted by Gasteiger charge is 2.25. The van der Waals surface area contributed by atoms with Gasteiger partial charge in [0.1, 0.15) is 5.75 Å². The normalized spacial score (nSPS) is 12.0. The highest BCUT2D eigenvalue weighted by molar-refractivity contribution is 7.89. The Bertz CT molecular complexity index is 1130. The topological polar surface area (TPSA) is 122 Å². The van der Waals surface area contributed by atoms with Gasteiger partial charge in [0.25, 0.3) is 0 Å². The van der Waals surface area contributed by atoms with Crippen molar-refractivity contribution in [2.24, 2.45) is 0 Å². The van der Waals surface area contributed by atoms with E-state index in [1.54, 1.807) is 32.0 Å². The molecule has 2 N–H and O–H groups in total. The number of nitrogens with one attached hydrogen (secondary N) is 2. The summed E-state index contributed by atoms with van der Waals surface area (Å²) < 4.78 is 58.5. The number of amides is 1. The molecule has 0 saturated heterocycles. The molecule has 0 bridgehead atoms. The predicted molar refractivity (Wildman–Crippen MR) is 118 cm³/mol. The van der Waals surface area contributed by atoms with Crippen LogP contribution in [0.3, 0.4) is 0 Å². The van der Waals surface area contributed by atoms with Crippen LogP contribution in [0.5, 0.6) is 5.75 Å². The van der Waals surface area contributed by atoms with E-state index >= 15 is 0 Å². The second-order valence-corrected chi connectivity index (χ2v) is 10.4. The third-order valence-electron chi connectivity index (χ3n) is 4.51. The van der Waals surface area contributed by atoms with Crippen LogP contribution in [0, 0.1) is 6.92 Å². The van der Waals surface area contributed by atoms with Crippen molar-refractivity contribution in [2.75, 3.05) is 32.1 Å². The summed E-state index contributed by atoms with van der Waals surface area (Å²) in [5, 5.41) is 2.60. The first kappa shape index (κ1) is 24.8. The number of nitrogens with zero attached hydrogens (tertiary/aromatic N) is 1. The molecular weight excluding hydrogens is 442 g/mol. The van der Waals surface area contributed by atoms with Gasteiger partial charge in [0.15, 0.2) is 0 Å². The first-order valence-corrected chi connectivity index (χ1v) is 12.5. The lowest BCUT2D eigenvalue weighted by Crippen LogP contribution is -2.38. The number of carbonyl (C=O) groups is 1. The zero-order chi connectivity index (χ0) is 23.2. The van der Waals surface area contributed by atoms with Gasteiger partial charge < -0.3 is 10.1 Å². The lowest BCUT2D eigenvalue weighted by molar-refractivity contribution is -0.116. The summed E-state index contributed by atoms with van der Waals surface area (Å²) >= 11 is 0. The molecule has 0 aliphatic rings. The van der Waals surface area contributed by atoms with Gasteiger partial charge in [-0.1, -0.05) is 13.0 Å². The monoisotopic (exact) mass is 469 g/mol. The Hall–Kier alpha value is -2.47. The van der Waals surface area contributed by atoms with Gasteiger partial charge in [0.05, 0.1) is 22.9 Å². The Morgan fingerprint density at radius 2 is 1.61 bits per heavy atom. The highest BCUT2D eigenvalue weighted by atomic mass is 32.2. The molecule has 0 aromatic heterocycles. The molecule has 0 atom stereocenters. The van der Waals surface area contributed by atoms with Gasteiger partial charge in [-0.25, -0.2) is 21.6 Å².